The third kappa shape index (κ3) is 2.96. The Hall–Kier alpha value is -2.66. The first-order valence-electron chi connectivity index (χ1n) is 7.22. The smallest absolute Gasteiger partial charge is 0.266 e. The average molecular weight is 324 g/mol. The van der Waals surface area contributed by atoms with Gasteiger partial charge in [-0.15, -0.1) is 11.3 Å². The standard InChI is InChI=1S/C18H16N2O2S/c1-11-14-5-3-4-6-15(14)23-16(11)18(22)20-13-9-7-12(8-10-13)17(21)19-2/h3-10H,1-2H3,(H,19,21)(H,20,22). The average Bonchev–Trinajstić information content (AvgIpc) is 2.92. The Kier molecular flexibility index (Phi) is 4.12. The zero-order valence-corrected chi connectivity index (χ0v) is 13.7. The molecule has 0 saturated heterocycles. The van der Waals surface area contributed by atoms with Crippen LogP contribution in [0, 0.1) is 6.92 Å². The lowest BCUT2D eigenvalue weighted by atomic mass is 10.1. The van der Waals surface area contributed by atoms with Crippen molar-refractivity contribution < 1.29 is 9.59 Å². The predicted octanol–water partition coefficient (Wildman–Crippen LogP) is 3.82. The topological polar surface area (TPSA) is 58.2 Å². The van der Waals surface area contributed by atoms with E-state index in [-0.39, 0.29) is 11.8 Å². The van der Waals surface area contributed by atoms with Gasteiger partial charge in [0.2, 0.25) is 0 Å². The Bertz CT molecular complexity index is 882. The molecule has 0 radical (unpaired) electrons. The number of rotatable bonds is 3. The molecule has 0 saturated carbocycles. The van der Waals surface area contributed by atoms with E-state index in [2.05, 4.69) is 10.6 Å². The molecule has 1 aromatic heterocycles. The van der Waals surface area contributed by atoms with Crippen LogP contribution in [0.5, 0.6) is 0 Å². The second-order valence-corrected chi connectivity index (χ2v) is 6.22. The summed E-state index contributed by atoms with van der Waals surface area (Å²) in [6.45, 7) is 1.96. The molecule has 2 N–H and O–H groups in total. The molecule has 4 nitrogen and oxygen atoms in total. The van der Waals surface area contributed by atoms with Crippen LogP contribution in [0.15, 0.2) is 48.5 Å². The summed E-state index contributed by atoms with van der Waals surface area (Å²) in [5.41, 5.74) is 2.22. The summed E-state index contributed by atoms with van der Waals surface area (Å²) in [5, 5.41) is 6.56. The number of anilines is 1. The maximum Gasteiger partial charge on any atom is 0.266 e. The first-order valence-corrected chi connectivity index (χ1v) is 8.03. The number of aryl methyl sites for hydroxylation is 1. The molecule has 5 heteroatoms. The van der Waals surface area contributed by atoms with Gasteiger partial charge in [-0.05, 0) is 48.2 Å². The Morgan fingerprint density at radius 1 is 0.957 bits per heavy atom. The molecule has 0 bridgehead atoms. The molecule has 23 heavy (non-hydrogen) atoms. The van der Waals surface area contributed by atoms with Crippen LogP contribution in [0.1, 0.15) is 25.6 Å². The molecule has 1 heterocycles. The minimum absolute atomic E-state index is 0.128. The number of fused-ring (bicyclic) bond motifs is 1. The van der Waals surface area contributed by atoms with Crippen LogP contribution in [0.3, 0.4) is 0 Å². The summed E-state index contributed by atoms with van der Waals surface area (Å²) in [7, 11) is 1.59. The zero-order valence-electron chi connectivity index (χ0n) is 12.8. The van der Waals surface area contributed by atoms with Crippen LogP contribution in [0.2, 0.25) is 0 Å². The van der Waals surface area contributed by atoms with Gasteiger partial charge in [-0.25, -0.2) is 0 Å². The van der Waals surface area contributed by atoms with Crippen LogP contribution in [0.25, 0.3) is 10.1 Å². The van der Waals surface area contributed by atoms with Crippen molar-refractivity contribution >= 4 is 38.9 Å². The molecule has 0 spiro atoms. The molecule has 0 aliphatic heterocycles. The molecule has 2 aromatic carbocycles. The van der Waals surface area contributed by atoms with E-state index in [0.717, 1.165) is 15.6 Å². The monoisotopic (exact) mass is 324 g/mol. The summed E-state index contributed by atoms with van der Waals surface area (Å²) in [4.78, 5) is 24.7. The maximum atomic E-state index is 12.5. The van der Waals surface area contributed by atoms with Gasteiger partial charge in [0.1, 0.15) is 0 Å². The van der Waals surface area contributed by atoms with E-state index < -0.39 is 0 Å². The number of hydrogen-bond acceptors (Lipinski definition) is 3. The number of carbonyl (C=O) groups excluding carboxylic acids is 2. The van der Waals surface area contributed by atoms with Crippen molar-refractivity contribution in [3.8, 4) is 0 Å². The van der Waals surface area contributed by atoms with E-state index in [1.807, 2.05) is 31.2 Å². The van der Waals surface area contributed by atoms with E-state index >= 15 is 0 Å². The highest BCUT2D eigenvalue weighted by Gasteiger charge is 2.15. The summed E-state index contributed by atoms with van der Waals surface area (Å²) >= 11 is 1.49. The van der Waals surface area contributed by atoms with Crippen molar-refractivity contribution in [1.29, 1.82) is 0 Å². The normalized spacial score (nSPS) is 10.5. The summed E-state index contributed by atoms with van der Waals surface area (Å²) < 4.78 is 1.10. The summed E-state index contributed by atoms with van der Waals surface area (Å²) in [5.74, 6) is -0.278. The predicted molar refractivity (Wildman–Crippen MR) is 94.3 cm³/mol. The van der Waals surface area contributed by atoms with Gasteiger partial charge < -0.3 is 10.6 Å². The number of thiophene rings is 1. The first-order chi connectivity index (χ1) is 11.1. The second-order valence-electron chi connectivity index (χ2n) is 5.16. The number of benzene rings is 2. The van der Waals surface area contributed by atoms with Gasteiger partial charge >= 0.3 is 0 Å². The maximum absolute atomic E-state index is 12.5. The van der Waals surface area contributed by atoms with E-state index in [1.165, 1.54) is 11.3 Å². The van der Waals surface area contributed by atoms with Crippen molar-refractivity contribution in [2.45, 2.75) is 6.92 Å². The number of amides is 2. The van der Waals surface area contributed by atoms with E-state index in [1.54, 1.807) is 31.3 Å². The van der Waals surface area contributed by atoms with Crippen LogP contribution >= 0.6 is 11.3 Å². The molecular weight excluding hydrogens is 308 g/mol. The molecule has 0 atom stereocenters. The van der Waals surface area contributed by atoms with Gasteiger partial charge in [-0.3, -0.25) is 9.59 Å². The molecular formula is C18H16N2O2S. The molecule has 3 rings (SSSR count). The molecule has 0 unspecified atom stereocenters. The van der Waals surface area contributed by atoms with Crippen LogP contribution in [-0.2, 0) is 0 Å². The van der Waals surface area contributed by atoms with E-state index in [9.17, 15) is 9.59 Å². The Labute approximate surface area is 138 Å². The minimum atomic E-state index is -0.150. The van der Waals surface area contributed by atoms with Crippen LogP contribution in [-0.4, -0.2) is 18.9 Å². The number of carbonyl (C=O) groups is 2. The molecule has 116 valence electrons. The highest BCUT2D eigenvalue weighted by molar-refractivity contribution is 7.21. The molecule has 0 aliphatic rings. The van der Waals surface area contributed by atoms with Crippen molar-refractivity contribution in [1.82, 2.24) is 5.32 Å². The van der Waals surface area contributed by atoms with Crippen molar-refractivity contribution in [3.05, 3.63) is 64.5 Å². The fraction of sp³-hybridized carbons (Fsp3) is 0.111. The fourth-order valence-corrected chi connectivity index (χ4v) is 3.53. The molecule has 3 aromatic rings. The third-order valence-electron chi connectivity index (χ3n) is 3.68. The second kappa shape index (κ2) is 6.22. The fourth-order valence-electron chi connectivity index (χ4n) is 2.43. The molecule has 0 fully saturated rings. The summed E-state index contributed by atoms with van der Waals surface area (Å²) in [6, 6.07) is 14.8. The lowest BCUT2D eigenvalue weighted by Crippen LogP contribution is -2.17. The highest BCUT2D eigenvalue weighted by Crippen LogP contribution is 2.31. The van der Waals surface area contributed by atoms with Gasteiger partial charge in [0.05, 0.1) is 4.88 Å². The van der Waals surface area contributed by atoms with Crippen LogP contribution < -0.4 is 10.6 Å². The minimum Gasteiger partial charge on any atom is -0.355 e. The van der Waals surface area contributed by atoms with E-state index in [0.29, 0.717) is 16.1 Å². The molecule has 2 amide bonds. The number of hydrogen-bond donors (Lipinski definition) is 2. The quantitative estimate of drug-likeness (QED) is 0.769. The van der Waals surface area contributed by atoms with Gasteiger partial charge in [0.15, 0.2) is 0 Å². The van der Waals surface area contributed by atoms with Gasteiger partial charge in [0.25, 0.3) is 11.8 Å². The number of nitrogens with one attached hydrogen (secondary N) is 2. The van der Waals surface area contributed by atoms with Gasteiger partial charge in [0, 0.05) is 23.0 Å². The third-order valence-corrected chi connectivity index (χ3v) is 4.95. The van der Waals surface area contributed by atoms with Crippen molar-refractivity contribution in [2.24, 2.45) is 0 Å². The zero-order chi connectivity index (χ0) is 16.4. The molecule has 0 aliphatic carbocycles. The lowest BCUT2D eigenvalue weighted by Gasteiger charge is -2.06. The largest absolute Gasteiger partial charge is 0.355 e. The van der Waals surface area contributed by atoms with Crippen molar-refractivity contribution in [2.75, 3.05) is 12.4 Å². The van der Waals surface area contributed by atoms with Gasteiger partial charge in [-0.2, -0.15) is 0 Å². The van der Waals surface area contributed by atoms with E-state index in [4.69, 9.17) is 0 Å². The Balaban J connectivity index is 1.83. The lowest BCUT2D eigenvalue weighted by molar-refractivity contribution is 0.0962. The van der Waals surface area contributed by atoms with Crippen molar-refractivity contribution in [3.63, 3.8) is 0 Å². The van der Waals surface area contributed by atoms with Crippen LogP contribution in [0.4, 0.5) is 5.69 Å². The Morgan fingerprint density at radius 2 is 1.65 bits per heavy atom. The first kappa shape index (κ1) is 15.2. The summed E-state index contributed by atoms with van der Waals surface area (Å²) in [6.07, 6.45) is 0. The Morgan fingerprint density at radius 3 is 2.30 bits per heavy atom. The van der Waals surface area contributed by atoms with Gasteiger partial charge in [-0.1, -0.05) is 18.2 Å². The SMILES string of the molecule is CNC(=O)c1ccc(NC(=O)c2sc3ccccc3c2C)cc1. The highest BCUT2D eigenvalue weighted by atomic mass is 32.1.